The number of hydrogen-bond acceptors (Lipinski definition) is 4. The van der Waals surface area contributed by atoms with Gasteiger partial charge in [0.25, 0.3) is 5.91 Å². The van der Waals surface area contributed by atoms with Crippen molar-refractivity contribution < 1.29 is 14.3 Å². The van der Waals surface area contributed by atoms with Gasteiger partial charge < -0.3 is 15.0 Å². The van der Waals surface area contributed by atoms with E-state index in [0.29, 0.717) is 44.1 Å². The predicted octanol–water partition coefficient (Wildman–Crippen LogP) is 4.20. The number of nitrogens with one attached hydrogen (secondary N) is 2. The zero-order valence-electron chi connectivity index (χ0n) is 20.5. The van der Waals surface area contributed by atoms with Gasteiger partial charge in [0.2, 0.25) is 5.91 Å². The molecule has 2 atom stereocenters. The molecule has 0 spiro atoms. The Bertz CT molecular complexity index is 960. The molecule has 1 aliphatic heterocycles. The number of carbonyl (C=O) groups excluding carboxylic acids is 2. The number of benzene rings is 2. The van der Waals surface area contributed by atoms with Crippen molar-refractivity contribution >= 4 is 11.8 Å². The normalized spacial score (nSPS) is 19.6. The van der Waals surface area contributed by atoms with Crippen LogP contribution in [0.15, 0.2) is 48.5 Å². The molecule has 1 saturated heterocycles. The SMILES string of the molecule is COCC[C@H](NC(=O)c1cc(C)cc(CN2CN[C@](C)(C(C)C)CC2=O)c1)c1ccccc1. The zero-order chi connectivity index (χ0) is 24.0. The standard InChI is InChI=1S/C27H37N3O3/c1-19(2)27(4)16-25(31)30(18-28-27)17-21-13-20(3)14-23(15-21)26(32)29-24(11-12-33-5)22-9-7-6-8-10-22/h6-10,13-15,19,24,28H,11-12,16-18H2,1-5H3,(H,29,32)/t24-,27-/m0/s1. The molecule has 0 aromatic heterocycles. The van der Waals surface area contributed by atoms with Gasteiger partial charge in [-0.2, -0.15) is 0 Å². The minimum absolute atomic E-state index is 0.125. The van der Waals surface area contributed by atoms with Crippen LogP contribution >= 0.6 is 0 Å². The van der Waals surface area contributed by atoms with Gasteiger partial charge in [-0.3, -0.25) is 14.9 Å². The van der Waals surface area contributed by atoms with Crippen LogP contribution in [0.25, 0.3) is 0 Å². The first-order chi connectivity index (χ1) is 15.7. The Morgan fingerprint density at radius 2 is 1.94 bits per heavy atom. The van der Waals surface area contributed by atoms with E-state index in [-0.39, 0.29) is 23.4 Å². The molecular weight excluding hydrogens is 414 g/mol. The summed E-state index contributed by atoms with van der Waals surface area (Å²) in [5.74, 6) is 0.384. The molecule has 6 heteroatoms. The lowest BCUT2D eigenvalue weighted by molar-refractivity contribution is -0.138. The average molecular weight is 452 g/mol. The topological polar surface area (TPSA) is 70.7 Å². The molecule has 1 fully saturated rings. The number of ether oxygens (including phenoxy) is 1. The van der Waals surface area contributed by atoms with Crippen molar-refractivity contribution in [1.82, 2.24) is 15.5 Å². The van der Waals surface area contributed by atoms with Gasteiger partial charge in [0.1, 0.15) is 0 Å². The summed E-state index contributed by atoms with van der Waals surface area (Å²) in [5, 5.41) is 6.69. The van der Waals surface area contributed by atoms with E-state index in [1.807, 2.05) is 60.4 Å². The van der Waals surface area contributed by atoms with E-state index in [1.165, 1.54) is 0 Å². The third kappa shape index (κ3) is 6.42. The lowest BCUT2D eigenvalue weighted by Crippen LogP contribution is -2.59. The van der Waals surface area contributed by atoms with E-state index < -0.39 is 0 Å². The van der Waals surface area contributed by atoms with Crippen molar-refractivity contribution in [2.24, 2.45) is 5.92 Å². The number of hydrogen-bond donors (Lipinski definition) is 2. The average Bonchev–Trinajstić information content (AvgIpc) is 2.78. The molecule has 6 nitrogen and oxygen atoms in total. The van der Waals surface area contributed by atoms with Crippen molar-refractivity contribution in [3.63, 3.8) is 0 Å². The van der Waals surface area contributed by atoms with Crippen LogP contribution in [-0.2, 0) is 16.1 Å². The van der Waals surface area contributed by atoms with Gasteiger partial charge in [0.15, 0.2) is 0 Å². The molecule has 2 amide bonds. The highest BCUT2D eigenvalue weighted by Crippen LogP contribution is 2.26. The lowest BCUT2D eigenvalue weighted by atomic mass is 9.83. The fourth-order valence-electron chi connectivity index (χ4n) is 4.20. The molecule has 0 unspecified atom stereocenters. The number of aryl methyl sites for hydroxylation is 1. The molecule has 0 saturated carbocycles. The Morgan fingerprint density at radius 3 is 2.58 bits per heavy atom. The van der Waals surface area contributed by atoms with Crippen molar-refractivity contribution in [3.05, 3.63) is 70.8 Å². The minimum Gasteiger partial charge on any atom is -0.385 e. The van der Waals surface area contributed by atoms with E-state index in [9.17, 15) is 9.59 Å². The predicted molar refractivity (Wildman–Crippen MR) is 131 cm³/mol. The maximum Gasteiger partial charge on any atom is 0.251 e. The molecule has 178 valence electrons. The van der Waals surface area contributed by atoms with Gasteiger partial charge in [-0.05, 0) is 55.0 Å². The second-order valence-corrected chi connectivity index (χ2v) is 9.60. The van der Waals surface area contributed by atoms with Crippen LogP contribution in [0, 0.1) is 12.8 Å². The third-order valence-corrected chi connectivity index (χ3v) is 6.71. The molecule has 1 aliphatic rings. The summed E-state index contributed by atoms with van der Waals surface area (Å²) in [4.78, 5) is 27.8. The molecule has 2 aromatic carbocycles. The molecule has 0 bridgehead atoms. The third-order valence-electron chi connectivity index (χ3n) is 6.71. The second kappa shape index (κ2) is 10.9. The van der Waals surface area contributed by atoms with Crippen LogP contribution in [0.1, 0.15) is 66.7 Å². The summed E-state index contributed by atoms with van der Waals surface area (Å²) in [6, 6.07) is 15.6. The van der Waals surface area contributed by atoms with Gasteiger partial charge in [-0.15, -0.1) is 0 Å². The molecule has 2 N–H and O–H groups in total. The van der Waals surface area contributed by atoms with Crippen LogP contribution < -0.4 is 10.6 Å². The summed E-state index contributed by atoms with van der Waals surface area (Å²) >= 11 is 0. The molecule has 1 heterocycles. The van der Waals surface area contributed by atoms with Crippen LogP contribution in [0.4, 0.5) is 0 Å². The molecule has 3 rings (SSSR count). The van der Waals surface area contributed by atoms with Crippen molar-refractivity contribution in [2.75, 3.05) is 20.4 Å². The van der Waals surface area contributed by atoms with Crippen molar-refractivity contribution in [2.45, 2.75) is 58.7 Å². The largest absolute Gasteiger partial charge is 0.385 e. The Kier molecular flexibility index (Phi) is 8.27. The van der Waals surface area contributed by atoms with Crippen molar-refractivity contribution in [1.29, 1.82) is 0 Å². The number of methoxy groups -OCH3 is 1. The van der Waals surface area contributed by atoms with E-state index in [4.69, 9.17) is 4.74 Å². The first kappa shape index (κ1) is 24.9. The van der Waals surface area contributed by atoms with Gasteiger partial charge >= 0.3 is 0 Å². The van der Waals surface area contributed by atoms with E-state index in [0.717, 1.165) is 16.7 Å². The summed E-state index contributed by atoms with van der Waals surface area (Å²) in [6.07, 6.45) is 1.16. The van der Waals surface area contributed by atoms with Crippen LogP contribution in [0.2, 0.25) is 0 Å². The Hall–Kier alpha value is -2.70. The maximum atomic E-state index is 13.2. The van der Waals surface area contributed by atoms with E-state index in [2.05, 4.69) is 31.4 Å². The lowest BCUT2D eigenvalue weighted by Gasteiger charge is -2.42. The summed E-state index contributed by atoms with van der Waals surface area (Å²) in [6.45, 7) is 9.90. The van der Waals surface area contributed by atoms with Crippen LogP contribution in [-0.4, -0.2) is 42.6 Å². The van der Waals surface area contributed by atoms with E-state index >= 15 is 0 Å². The highest BCUT2D eigenvalue weighted by atomic mass is 16.5. The minimum atomic E-state index is -0.181. The fraction of sp³-hybridized carbons (Fsp3) is 0.481. The second-order valence-electron chi connectivity index (χ2n) is 9.60. The first-order valence-corrected chi connectivity index (χ1v) is 11.7. The molecule has 0 aliphatic carbocycles. The highest BCUT2D eigenvalue weighted by molar-refractivity contribution is 5.95. The van der Waals surface area contributed by atoms with Crippen molar-refractivity contribution in [3.8, 4) is 0 Å². The van der Waals surface area contributed by atoms with E-state index in [1.54, 1.807) is 7.11 Å². The Balaban J connectivity index is 1.73. The molecule has 33 heavy (non-hydrogen) atoms. The van der Waals surface area contributed by atoms with Gasteiger partial charge in [0, 0.05) is 37.8 Å². The number of carbonyl (C=O) groups is 2. The summed E-state index contributed by atoms with van der Waals surface area (Å²) in [7, 11) is 1.66. The first-order valence-electron chi connectivity index (χ1n) is 11.7. The maximum absolute atomic E-state index is 13.2. The Labute approximate surface area is 197 Å². The fourth-order valence-corrected chi connectivity index (χ4v) is 4.20. The summed E-state index contributed by atoms with van der Waals surface area (Å²) in [5.41, 5.74) is 3.42. The van der Waals surface area contributed by atoms with Crippen LogP contribution in [0.5, 0.6) is 0 Å². The number of rotatable bonds is 9. The highest BCUT2D eigenvalue weighted by Gasteiger charge is 2.37. The molecule has 0 radical (unpaired) electrons. The number of nitrogens with zero attached hydrogens (tertiary/aromatic N) is 1. The van der Waals surface area contributed by atoms with Gasteiger partial charge in [-0.1, -0.05) is 50.2 Å². The zero-order valence-corrected chi connectivity index (χ0v) is 20.5. The van der Waals surface area contributed by atoms with Crippen LogP contribution in [0.3, 0.4) is 0 Å². The molecular formula is C27H37N3O3. The smallest absolute Gasteiger partial charge is 0.251 e. The quantitative estimate of drug-likeness (QED) is 0.600. The monoisotopic (exact) mass is 451 g/mol. The van der Waals surface area contributed by atoms with Gasteiger partial charge in [0.05, 0.1) is 12.7 Å². The Morgan fingerprint density at radius 1 is 1.21 bits per heavy atom. The summed E-state index contributed by atoms with van der Waals surface area (Å²) < 4.78 is 5.25. The molecule has 2 aromatic rings. The number of amides is 2. The van der Waals surface area contributed by atoms with Gasteiger partial charge in [-0.25, -0.2) is 0 Å².